The number of carbonyl (C=O) groups is 1. The van der Waals surface area contributed by atoms with E-state index in [-0.39, 0.29) is 5.91 Å². The van der Waals surface area contributed by atoms with Crippen LogP contribution in [0, 0.1) is 18.8 Å². The van der Waals surface area contributed by atoms with E-state index in [1.807, 2.05) is 48.7 Å². The van der Waals surface area contributed by atoms with Crippen LogP contribution in [0.2, 0.25) is 0 Å². The quantitative estimate of drug-likeness (QED) is 0.669. The van der Waals surface area contributed by atoms with Gasteiger partial charge in [0.15, 0.2) is 0 Å². The molecule has 3 aromatic rings. The number of methoxy groups -OCH3 is 2. The van der Waals surface area contributed by atoms with Gasteiger partial charge in [-0.1, -0.05) is 24.0 Å². The summed E-state index contributed by atoms with van der Waals surface area (Å²) in [4.78, 5) is 13.7. The Balaban J connectivity index is 1.81. The minimum absolute atomic E-state index is 0.241. The summed E-state index contributed by atoms with van der Waals surface area (Å²) in [6, 6.07) is 14.8. The Kier molecular flexibility index (Phi) is 5.80. The van der Waals surface area contributed by atoms with Crippen molar-refractivity contribution in [2.75, 3.05) is 19.5 Å². The van der Waals surface area contributed by atoms with E-state index in [2.05, 4.69) is 17.2 Å². The van der Waals surface area contributed by atoms with E-state index in [0.717, 1.165) is 16.0 Å². The zero-order valence-corrected chi connectivity index (χ0v) is 16.1. The van der Waals surface area contributed by atoms with E-state index in [1.165, 1.54) is 0 Å². The normalized spacial score (nSPS) is 9.89. The molecule has 1 aromatic heterocycles. The SMILES string of the molecule is COc1cc(C(=O)Nc2cccc(C#Cc3cccs3)c2)cc(OC)c1C. The van der Waals surface area contributed by atoms with E-state index in [1.54, 1.807) is 37.7 Å². The maximum absolute atomic E-state index is 12.7. The largest absolute Gasteiger partial charge is 0.496 e. The molecule has 1 amide bonds. The molecule has 27 heavy (non-hydrogen) atoms. The first-order valence-electron chi connectivity index (χ1n) is 8.30. The van der Waals surface area contributed by atoms with Crippen LogP contribution in [0.4, 0.5) is 5.69 Å². The van der Waals surface area contributed by atoms with Gasteiger partial charge in [0, 0.05) is 22.4 Å². The van der Waals surface area contributed by atoms with E-state index in [0.29, 0.717) is 22.7 Å². The Labute approximate surface area is 162 Å². The smallest absolute Gasteiger partial charge is 0.255 e. The second kappa shape index (κ2) is 8.43. The lowest BCUT2D eigenvalue weighted by atomic mass is 10.1. The molecule has 136 valence electrons. The maximum Gasteiger partial charge on any atom is 0.255 e. The first kappa shape index (κ1) is 18.6. The van der Waals surface area contributed by atoms with Gasteiger partial charge >= 0.3 is 0 Å². The summed E-state index contributed by atoms with van der Waals surface area (Å²) in [6.07, 6.45) is 0. The van der Waals surface area contributed by atoms with E-state index in [9.17, 15) is 4.79 Å². The molecule has 0 saturated heterocycles. The highest BCUT2D eigenvalue weighted by Crippen LogP contribution is 2.29. The molecule has 1 N–H and O–H groups in total. The molecular formula is C22H19NO3S. The third-order valence-electron chi connectivity index (χ3n) is 3.99. The number of carbonyl (C=O) groups excluding carboxylic acids is 1. The lowest BCUT2D eigenvalue weighted by Crippen LogP contribution is -2.12. The first-order valence-corrected chi connectivity index (χ1v) is 9.18. The standard InChI is InChI=1S/C22H19NO3S/c1-15-20(25-2)13-17(14-21(15)26-3)22(24)23-18-7-4-6-16(12-18)9-10-19-8-5-11-27-19/h4-8,11-14H,1-3H3,(H,23,24). The third kappa shape index (κ3) is 4.49. The van der Waals surface area contributed by atoms with Gasteiger partial charge in [0.05, 0.1) is 19.1 Å². The van der Waals surface area contributed by atoms with Crippen molar-refractivity contribution in [3.05, 3.63) is 75.5 Å². The average molecular weight is 377 g/mol. The Bertz CT molecular complexity index is 989. The molecule has 1 heterocycles. The third-order valence-corrected chi connectivity index (χ3v) is 4.77. The summed E-state index contributed by atoms with van der Waals surface area (Å²) >= 11 is 1.60. The predicted octanol–water partition coefficient (Wildman–Crippen LogP) is 4.73. The van der Waals surface area contributed by atoms with Crippen molar-refractivity contribution in [1.82, 2.24) is 0 Å². The molecule has 0 bridgehead atoms. The van der Waals surface area contributed by atoms with E-state index in [4.69, 9.17) is 9.47 Å². The molecule has 0 aliphatic carbocycles. The highest BCUT2D eigenvalue weighted by molar-refractivity contribution is 7.10. The van der Waals surface area contributed by atoms with Crippen LogP contribution >= 0.6 is 11.3 Å². The molecule has 5 heteroatoms. The van der Waals surface area contributed by atoms with Crippen LogP contribution in [0.1, 0.15) is 26.4 Å². The molecule has 4 nitrogen and oxygen atoms in total. The number of benzene rings is 2. The molecule has 0 fully saturated rings. The molecule has 0 spiro atoms. The van der Waals surface area contributed by atoms with Crippen molar-refractivity contribution >= 4 is 22.9 Å². The van der Waals surface area contributed by atoms with Gasteiger partial charge in [0.1, 0.15) is 11.5 Å². The first-order chi connectivity index (χ1) is 13.1. The van der Waals surface area contributed by atoms with Crippen LogP contribution in [0.25, 0.3) is 0 Å². The van der Waals surface area contributed by atoms with Gasteiger partial charge in [0.2, 0.25) is 0 Å². The molecule has 0 saturated carbocycles. The summed E-state index contributed by atoms with van der Waals surface area (Å²) in [5, 5.41) is 4.89. The van der Waals surface area contributed by atoms with Crippen molar-refractivity contribution in [3.8, 4) is 23.3 Å². The summed E-state index contributed by atoms with van der Waals surface area (Å²) in [5.74, 6) is 7.20. The van der Waals surface area contributed by atoms with Gasteiger partial charge in [-0.15, -0.1) is 11.3 Å². The molecule has 0 aliphatic rings. The number of rotatable bonds is 4. The van der Waals surface area contributed by atoms with Crippen LogP contribution in [-0.4, -0.2) is 20.1 Å². The monoisotopic (exact) mass is 377 g/mol. The summed E-state index contributed by atoms with van der Waals surface area (Å²) in [7, 11) is 3.14. The summed E-state index contributed by atoms with van der Waals surface area (Å²) < 4.78 is 10.7. The van der Waals surface area contributed by atoms with Gasteiger partial charge in [-0.2, -0.15) is 0 Å². The van der Waals surface area contributed by atoms with Crippen molar-refractivity contribution in [2.24, 2.45) is 0 Å². The highest BCUT2D eigenvalue weighted by atomic mass is 32.1. The number of anilines is 1. The van der Waals surface area contributed by atoms with Gasteiger partial charge in [-0.3, -0.25) is 4.79 Å². The van der Waals surface area contributed by atoms with Crippen LogP contribution < -0.4 is 14.8 Å². The molecular weight excluding hydrogens is 358 g/mol. The minimum atomic E-state index is -0.241. The lowest BCUT2D eigenvalue weighted by Gasteiger charge is -2.13. The molecule has 0 aliphatic heterocycles. The molecule has 0 radical (unpaired) electrons. The fourth-order valence-electron chi connectivity index (χ4n) is 2.58. The fraction of sp³-hybridized carbons (Fsp3) is 0.136. The van der Waals surface area contributed by atoms with Gasteiger partial charge < -0.3 is 14.8 Å². The van der Waals surface area contributed by atoms with E-state index < -0.39 is 0 Å². The van der Waals surface area contributed by atoms with Crippen LogP contribution in [0.15, 0.2) is 53.9 Å². The number of thiophene rings is 1. The van der Waals surface area contributed by atoms with Gasteiger partial charge in [0.25, 0.3) is 5.91 Å². The second-order valence-electron chi connectivity index (χ2n) is 5.77. The highest BCUT2D eigenvalue weighted by Gasteiger charge is 2.14. The summed E-state index contributed by atoms with van der Waals surface area (Å²) in [6.45, 7) is 1.88. The number of hydrogen-bond donors (Lipinski definition) is 1. The Morgan fingerprint density at radius 1 is 1.00 bits per heavy atom. The van der Waals surface area contributed by atoms with Crippen molar-refractivity contribution in [2.45, 2.75) is 6.92 Å². The zero-order chi connectivity index (χ0) is 19.2. The number of nitrogens with one attached hydrogen (secondary N) is 1. The molecule has 0 atom stereocenters. The minimum Gasteiger partial charge on any atom is -0.496 e. The van der Waals surface area contributed by atoms with Crippen LogP contribution in [0.3, 0.4) is 0 Å². The Morgan fingerprint density at radius 2 is 1.74 bits per heavy atom. The Morgan fingerprint density at radius 3 is 2.37 bits per heavy atom. The average Bonchev–Trinajstić information content (AvgIpc) is 3.20. The second-order valence-corrected chi connectivity index (χ2v) is 6.72. The van der Waals surface area contributed by atoms with Crippen LogP contribution in [-0.2, 0) is 0 Å². The molecule has 0 unspecified atom stereocenters. The van der Waals surface area contributed by atoms with Gasteiger partial charge in [-0.05, 0) is 48.7 Å². The zero-order valence-electron chi connectivity index (χ0n) is 15.3. The number of amides is 1. The number of ether oxygens (including phenoxy) is 2. The topological polar surface area (TPSA) is 47.6 Å². The Hall–Kier alpha value is -3.23. The van der Waals surface area contributed by atoms with Crippen molar-refractivity contribution < 1.29 is 14.3 Å². The lowest BCUT2D eigenvalue weighted by molar-refractivity contribution is 0.102. The predicted molar refractivity (Wildman–Crippen MR) is 109 cm³/mol. The van der Waals surface area contributed by atoms with Crippen LogP contribution in [0.5, 0.6) is 11.5 Å². The van der Waals surface area contributed by atoms with Crippen molar-refractivity contribution in [3.63, 3.8) is 0 Å². The maximum atomic E-state index is 12.7. The fourth-order valence-corrected chi connectivity index (χ4v) is 3.15. The number of hydrogen-bond acceptors (Lipinski definition) is 4. The molecule has 2 aromatic carbocycles. The molecule has 3 rings (SSSR count). The summed E-state index contributed by atoms with van der Waals surface area (Å²) in [5.41, 5.74) is 2.82. The van der Waals surface area contributed by atoms with Crippen molar-refractivity contribution in [1.29, 1.82) is 0 Å². The van der Waals surface area contributed by atoms with Gasteiger partial charge in [-0.25, -0.2) is 0 Å². The van der Waals surface area contributed by atoms with E-state index >= 15 is 0 Å².